The molecule has 0 heterocycles. The molecule has 0 unspecified atom stereocenters. The van der Waals surface area contributed by atoms with Crippen LogP contribution >= 0.6 is 24.0 Å². The average Bonchev–Trinajstić information content (AvgIpc) is 2.89. The van der Waals surface area contributed by atoms with E-state index in [0.29, 0.717) is 30.5 Å². The Morgan fingerprint density at radius 2 is 1.73 bits per heavy atom. The maximum Gasteiger partial charge on any atom is 0.339 e. The van der Waals surface area contributed by atoms with Crippen LogP contribution in [-0.2, 0) is 0 Å². The highest BCUT2D eigenvalue weighted by atomic mass is 35.5. The lowest BCUT2D eigenvalue weighted by Gasteiger charge is -2.24. The lowest BCUT2D eigenvalue weighted by Crippen LogP contribution is -2.26. The van der Waals surface area contributed by atoms with Crippen molar-refractivity contribution >= 4 is 30.0 Å². The molecule has 0 bridgehead atoms. The van der Waals surface area contributed by atoms with Crippen molar-refractivity contribution in [2.75, 3.05) is 19.7 Å². The summed E-state index contributed by atoms with van der Waals surface area (Å²) in [5.74, 6) is 0.180. The maximum absolute atomic E-state index is 11.7. The smallest absolute Gasteiger partial charge is 0.339 e. The van der Waals surface area contributed by atoms with E-state index in [1.54, 1.807) is 18.2 Å². The van der Waals surface area contributed by atoms with Crippen LogP contribution in [0.5, 0.6) is 11.5 Å². The Morgan fingerprint density at radius 3 is 2.43 bits per heavy atom. The molecule has 6 nitrogen and oxygen atoms in total. The van der Waals surface area contributed by atoms with Gasteiger partial charge in [0.1, 0.15) is 23.7 Å². The molecular weight excluding hydrogens is 513 g/mol. The third-order valence-electron chi connectivity index (χ3n) is 6.36. The molecule has 0 spiro atoms. The molecule has 1 atom stereocenters. The Balaban J connectivity index is 0.00000380. The Labute approximate surface area is 229 Å². The van der Waals surface area contributed by atoms with Crippen molar-refractivity contribution in [1.29, 1.82) is 0 Å². The molecule has 1 aliphatic carbocycles. The summed E-state index contributed by atoms with van der Waals surface area (Å²) < 4.78 is 11.9. The number of nitrogens with one attached hydrogen (secondary N) is 1. The number of carboxylic acid groups (broad SMARTS) is 1. The van der Waals surface area contributed by atoms with E-state index in [2.05, 4.69) is 5.32 Å². The van der Waals surface area contributed by atoms with E-state index in [0.717, 1.165) is 48.1 Å². The highest BCUT2D eigenvalue weighted by molar-refractivity contribution is 6.30. The van der Waals surface area contributed by atoms with Crippen molar-refractivity contribution in [3.05, 3.63) is 82.9 Å². The SMILES string of the molecule is Cl.O=C(O)c1ccc(-c2ccc(OCCNC[C@@H](O)c3cccc(Cl)c3)cc2)cc1OC1CCCCC1. The molecule has 1 saturated carbocycles. The Hall–Kier alpha value is -2.77. The van der Waals surface area contributed by atoms with Crippen LogP contribution in [0.15, 0.2) is 66.7 Å². The predicted molar refractivity (Wildman–Crippen MR) is 148 cm³/mol. The Kier molecular flexibility index (Phi) is 11.1. The summed E-state index contributed by atoms with van der Waals surface area (Å²) in [5, 5.41) is 23.6. The van der Waals surface area contributed by atoms with E-state index in [1.165, 1.54) is 6.42 Å². The number of aliphatic hydroxyl groups is 1. The molecule has 8 heteroatoms. The first-order valence-electron chi connectivity index (χ1n) is 12.4. The maximum atomic E-state index is 11.7. The van der Waals surface area contributed by atoms with Crippen molar-refractivity contribution in [3.8, 4) is 22.6 Å². The van der Waals surface area contributed by atoms with Gasteiger partial charge >= 0.3 is 5.97 Å². The summed E-state index contributed by atoms with van der Waals surface area (Å²) in [5.41, 5.74) is 2.82. The molecule has 0 aliphatic heterocycles. The minimum absolute atomic E-state index is 0. The van der Waals surface area contributed by atoms with E-state index in [9.17, 15) is 15.0 Å². The zero-order valence-corrected chi connectivity index (χ0v) is 22.1. The first-order valence-corrected chi connectivity index (χ1v) is 12.8. The molecule has 3 aromatic rings. The summed E-state index contributed by atoms with van der Waals surface area (Å²) >= 11 is 5.98. The van der Waals surface area contributed by atoms with Gasteiger partial charge < -0.3 is 25.0 Å². The summed E-state index contributed by atoms with van der Waals surface area (Å²) in [6, 6.07) is 20.1. The number of aliphatic hydroxyl groups excluding tert-OH is 1. The van der Waals surface area contributed by atoms with Gasteiger partial charge in [0.25, 0.3) is 0 Å². The van der Waals surface area contributed by atoms with Crippen molar-refractivity contribution in [1.82, 2.24) is 5.32 Å². The Morgan fingerprint density at radius 1 is 1.00 bits per heavy atom. The molecule has 0 saturated heterocycles. The van der Waals surface area contributed by atoms with Crippen LogP contribution in [0.25, 0.3) is 11.1 Å². The number of halogens is 2. The molecule has 3 N–H and O–H groups in total. The molecule has 198 valence electrons. The number of benzene rings is 3. The van der Waals surface area contributed by atoms with E-state index in [4.69, 9.17) is 21.1 Å². The van der Waals surface area contributed by atoms with E-state index >= 15 is 0 Å². The van der Waals surface area contributed by atoms with Gasteiger partial charge in [0.05, 0.1) is 12.2 Å². The second-order valence-corrected chi connectivity index (χ2v) is 9.48. The molecule has 37 heavy (non-hydrogen) atoms. The zero-order valence-electron chi connectivity index (χ0n) is 20.6. The van der Waals surface area contributed by atoms with Crippen molar-refractivity contribution in [3.63, 3.8) is 0 Å². The van der Waals surface area contributed by atoms with Crippen LogP contribution in [0.2, 0.25) is 5.02 Å². The van der Waals surface area contributed by atoms with Gasteiger partial charge in [-0.3, -0.25) is 0 Å². The minimum Gasteiger partial charge on any atom is -0.492 e. The summed E-state index contributed by atoms with van der Waals surface area (Å²) in [6.07, 6.45) is 4.80. The third-order valence-corrected chi connectivity index (χ3v) is 6.60. The van der Waals surface area contributed by atoms with Gasteiger partial charge in [-0.25, -0.2) is 4.79 Å². The number of aromatic carboxylic acids is 1. The van der Waals surface area contributed by atoms with Crippen LogP contribution in [0.3, 0.4) is 0 Å². The van der Waals surface area contributed by atoms with E-state index in [-0.39, 0.29) is 24.1 Å². The highest BCUT2D eigenvalue weighted by Gasteiger charge is 2.19. The summed E-state index contributed by atoms with van der Waals surface area (Å²) in [6.45, 7) is 1.44. The Bertz CT molecular complexity index is 1150. The van der Waals surface area contributed by atoms with Crippen LogP contribution < -0.4 is 14.8 Å². The van der Waals surface area contributed by atoms with Gasteiger partial charge in [-0.2, -0.15) is 0 Å². The van der Waals surface area contributed by atoms with Crippen LogP contribution in [0, 0.1) is 0 Å². The van der Waals surface area contributed by atoms with Crippen molar-refractivity contribution in [2.45, 2.75) is 44.3 Å². The molecule has 1 fully saturated rings. The number of rotatable bonds is 11. The van der Waals surface area contributed by atoms with Gasteiger partial charge in [0, 0.05) is 18.1 Å². The molecule has 0 radical (unpaired) electrons. The number of ether oxygens (including phenoxy) is 2. The normalized spacial score (nSPS) is 14.4. The van der Waals surface area contributed by atoms with Crippen molar-refractivity contribution < 1.29 is 24.5 Å². The number of hydrogen-bond acceptors (Lipinski definition) is 5. The van der Waals surface area contributed by atoms with Gasteiger partial charge in [-0.05, 0) is 78.8 Å². The predicted octanol–water partition coefficient (Wildman–Crippen LogP) is 6.54. The van der Waals surface area contributed by atoms with E-state index < -0.39 is 12.1 Å². The summed E-state index contributed by atoms with van der Waals surface area (Å²) in [7, 11) is 0. The topological polar surface area (TPSA) is 88.0 Å². The average molecular weight is 546 g/mol. The first kappa shape index (κ1) is 28.8. The van der Waals surface area contributed by atoms with Gasteiger partial charge in [0.2, 0.25) is 0 Å². The molecule has 4 rings (SSSR count). The lowest BCUT2D eigenvalue weighted by atomic mass is 9.97. The quantitative estimate of drug-likeness (QED) is 0.237. The third kappa shape index (κ3) is 8.37. The fraction of sp³-hybridized carbons (Fsp3) is 0.345. The molecule has 3 aromatic carbocycles. The monoisotopic (exact) mass is 545 g/mol. The van der Waals surface area contributed by atoms with Crippen molar-refractivity contribution in [2.24, 2.45) is 0 Å². The number of carboxylic acids is 1. The first-order chi connectivity index (χ1) is 17.5. The second-order valence-electron chi connectivity index (χ2n) is 9.04. The lowest BCUT2D eigenvalue weighted by molar-refractivity contribution is 0.0686. The molecule has 0 amide bonds. The largest absolute Gasteiger partial charge is 0.492 e. The van der Waals surface area contributed by atoms with E-state index in [1.807, 2.05) is 48.5 Å². The van der Waals surface area contributed by atoms with Gasteiger partial charge in [-0.1, -0.05) is 48.4 Å². The van der Waals surface area contributed by atoms with Crippen LogP contribution in [-0.4, -0.2) is 42.0 Å². The minimum atomic E-state index is -0.982. The van der Waals surface area contributed by atoms with Crippen LogP contribution in [0.1, 0.15) is 54.1 Å². The number of hydrogen-bond donors (Lipinski definition) is 3. The van der Waals surface area contributed by atoms with Gasteiger partial charge in [-0.15, -0.1) is 12.4 Å². The fourth-order valence-electron chi connectivity index (χ4n) is 4.39. The van der Waals surface area contributed by atoms with Gasteiger partial charge in [0.15, 0.2) is 0 Å². The molecule has 1 aliphatic rings. The summed E-state index contributed by atoms with van der Waals surface area (Å²) in [4.78, 5) is 11.7. The zero-order chi connectivity index (χ0) is 25.3. The molecular formula is C29H33Cl2NO5. The second kappa shape index (κ2) is 14.2. The standard InChI is InChI=1S/C29H32ClNO5.ClH/c30-23-6-4-5-22(17-23)27(32)19-31-15-16-35-24-12-9-20(10-13-24)21-11-14-26(29(33)34)28(18-21)36-25-7-2-1-3-8-25;/h4-6,9-14,17-18,25,27,31-32H,1-3,7-8,15-16,19H2,(H,33,34);1H/t27-;/m1./s1. The highest BCUT2D eigenvalue weighted by Crippen LogP contribution is 2.31. The number of carbonyl (C=O) groups is 1. The fourth-order valence-corrected chi connectivity index (χ4v) is 4.59. The van der Waals surface area contributed by atoms with Crippen LogP contribution in [0.4, 0.5) is 0 Å². The molecule has 0 aromatic heterocycles.